The molecule has 2 heteroatoms. The minimum Gasteiger partial charge on any atom is -0.396 e. The van der Waals surface area contributed by atoms with Crippen LogP contribution < -0.4 is 5.32 Å². The number of hydrogen-bond acceptors (Lipinski definition) is 2. The maximum absolute atomic E-state index is 9.35. The van der Waals surface area contributed by atoms with Crippen molar-refractivity contribution in [3.63, 3.8) is 0 Å². The average molecular weight is 199 g/mol. The molecule has 0 amide bonds. The molecule has 1 rings (SSSR count). The van der Waals surface area contributed by atoms with E-state index in [2.05, 4.69) is 12.2 Å². The topological polar surface area (TPSA) is 32.3 Å². The Kier molecular flexibility index (Phi) is 6.20. The summed E-state index contributed by atoms with van der Waals surface area (Å²) >= 11 is 0. The van der Waals surface area contributed by atoms with Gasteiger partial charge in [0.1, 0.15) is 0 Å². The summed E-state index contributed by atoms with van der Waals surface area (Å²) in [6.45, 7) is 4.63. The molecule has 84 valence electrons. The summed E-state index contributed by atoms with van der Waals surface area (Å²) in [6.07, 6.45) is 8.00. The average Bonchev–Trinajstić information content (AvgIpc) is 2.26. The minimum atomic E-state index is 0.385. The lowest BCUT2D eigenvalue weighted by molar-refractivity contribution is 0.139. The Bertz CT molecular complexity index is 132. The van der Waals surface area contributed by atoms with Crippen LogP contribution in [0.4, 0.5) is 0 Å². The molecule has 0 aromatic heterocycles. The van der Waals surface area contributed by atoms with Crippen molar-refractivity contribution < 1.29 is 5.11 Å². The highest BCUT2D eigenvalue weighted by atomic mass is 16.3. The Hall–Kier alpha value is -0.0800. The normalized spacial score (nSPS) is 21.0. The number of aliphatic hydroxyl groups excluding tert-OH is 1. The molecule has 0 bridgehead atoms. The van der Waals surface area contributed by atoms with Gasteiger partial charge < -0.3 is 10.4 Å². The first-order chi connectivity index (χ1) is 6.88. The van der Waals surface area contributed by atoms with Crippen molar-refractivity contribution in [3.05, 3.63) is 0 Å². The molecular weight excluding hydrogens is 174 g/mol. The lowest BCUT2D eigenvalue weighted by Gasteiger charge is -2.29. The maximum Gasteiger partial charge on any atom is 0.0462 e. The van der Waals surface area contributed by atoms with Crippen LogP contribution in [0.1, 0.15) is 45.4 Å². The highest BCUT2D eigenvalue weighted by molar-refractivity contribution is 4.74. The molecule has 1 unspecified atom stereocenters. The van der Waals surface area contributed by atoms with Gasteiger partial charge in [-0.1, -0.05) is 39.0 Å². The Morgan fingerprint density at radius 1 is 1.29 bits per heavy atom. The molecule has 1 aliphatic carbocycles. The summed E-state index contributed by atoms with van der Waals surface area (Å²) in [5, 5.41) is 12.7. The molecule has 0 aromatic carbocycles. The van der Waals surface area contributed by atoms with Gasteiger partial charge in [-0.3, -0.25) is 0 Å². The molecule has 0 radical (unpaired) electrons. The van der Waals surface area contributed by atoms with E-state index >= 15 is 0 Å². The molecule has 1 atom stereocenters. The zero-order valence-electron chi connectivity index (χ0n) is 9.47. The van der Waals surface area contributed by atoms with Gasteiger partial charge in [-0.15, -0.1) is 0 Å². The fraction of sp³-hybridized carbons (Fsp3) is 1.00. The van der Waals surface area contributed by atoms with E-state index < -0.39 is 0 Å². The van der Waals surface area contributed by atoms with Crippen molar-refractivity contribution in [2.75, 3.05) is 19.7 Å². The van der Waals surface area contributed by atoms with Crippen LogP contribution in [0.2, 0.25) is 0 Å². The van der Waals surface area contributed by atoms with E-state index in [9.17, 15) is 5.11 Å². The molecule has 1 aliphatic rings. The number of rotatable bonds is 6. The van der Waals surface area contributed by atoms with Crippen molar-refractivity contribution in [2.45, 2.75) is 45.4 Å². The Balaban J connectivity index is 2.21. The van der Waals surface area contributed by atoms with Gasteiger partial charge in [0.2, 0.25) is 0 Å². The first kappa shape index (κ1) is 12.0. The fourth-order valence-corrected chi connectivity index (χ4v) is 2.55. The molecule has 0 saturated heterocycles. The molecule has 1 saturated carbocycles. The highest BCUT2D eigenvalue weighted by Gasteiger charge is 2.22. The summed E-state index contributed by atoms with van der Waals surface area (Å²) in [6, 6.07) is 0. The van der Waals surface area contributed by atoms with E-state index in [-0.39, 0.29) is 0 Å². The van der Waals surface area contributed by atoms with Gasteiger partial charge in [0.15, 0.2) is 0 Å². The predicted octanol–water partition coefficient (Wildman–Crippen LogP) is 2.17. The SMILES string of the molecule is CCNCCC(CO)C1CCCCC1. The van der Waals surface area contributed by atoms with Gasteiger partial charge in [0.25, 0.3) is 0 Å². The first-order valence-corrected chi connectivity index (χ1v) is 6.20. The van der Waals surface area contributed by atoms with Crippen molar-refractivity contribution in [3.8, 4) is 0 Å². The van der Waals surface area contributed by atoms with E-state index in [1.54, 1.807) is 0 Å². The zero-order chi connectivity index (χ0) is 10.2. The second-order valence-electron chi connectivity index (χ2n) is 4.48. The molecule has 0 aromatic rings. The van der Waals surface area contributed by atoms with E-state index in [1.807, 2.05) is 0 Å². The van der Waals surface area contributed by atoms with Crippen LogP contribution in [0, 0.1) is 11.8 Å². The smallest absolute Gasteiger partial charge is 0.0462 e. The second kappa shape index (κ2) is 7.24. The molecule has 0 heterocycles. The van der Waals surface area contributed by atoms with E-state index in [0.29, 0.717) is 12.5 Å². The third-order valence-corrected chi connectivity index (χ3v) is 3.49. The second-order valence-corrected chi connectivity index (χ2v) is 4.48. The molecule has 2 N–H and O–H groups in total. The molecule has 1 fully saturated rings. The van der Waals surface area contributed by atoms with Gasteiger partial charge in [-0.2, -0.15) is 0 Å². The van der Waals surface area contributed by atoms with Gasteiger partial charge in [0.05, 0.1) is 0 Å². The van der Waals surface area contributed by atoms with Crippen molar-refractivity contribution in [1.29, 1.82) is 0 Å². The van der Waals surface area contributed by atoms with Crippen LogP contribution >= 0.6 is 0 Å². The van der Waals surface area contributed by atoms with Crippen LogP contribution in [0.15, 0.2) is 0 Å². The monoisotopic (exact) mass is 199 g/mol. The van der Waals surface area contributed by atoms with Crippen LogP contribution in [0.5, 0.6) is 0 Å². The number of hydrogen-bond donors (Lipinski definition) is 2. The first-order valence-electron chi connectivity index (χ1n) is 6.20. The summed E-state index contributed by atoms with van der Waals surface area (Å²) < 4.78 is 0. The Morgan fingerprint density at radius 3 is 2.57 bits per heavy atom. The Morgan fingerprint density at radius 2 is 2.00 bits per heavy atom. The van der Waals surface area contributed by atoms with E-state index in [0.717, 1.165) is 25.4 Å². The van der Waals surface area contributed by atoms with E-state index in [1.165, 1.54) is 32.1 Å². The van der Waals surface area contributed by atoms with Crippen molar-refractivity contribution in [1.82, 2.24) is 5.32 Å². The third-order valence-electron chi connectivity index (χ3n) is 3.49. The lowest BCUT2D eigenvalue weighted by Crippen LogP contribution is -2.26. The van der Waals surface area contributed by atoms with Gasteiger partial charge >= 0.3 is 0 Å². The predicted molar refractivity (Wildman–Crippen MR) is 60.3 cm³/mol. The lowest BCUT2D eigenvalue weighted by atomic mass is 9.79. The van der Waals surface area contributed by atoms with Crippen LogP contribution in [-0.4, -0.2) is 24.8 Å². The van der Waals surface area contributed by atoms with Gasteiger partial charge in [0, 0.05) is 6.61 Å². The van der Waals surface area contributed by atoms with Crippen LogP contribution in [-0.2, 0) is 0 Å². The zero-order valence-corrected chi connectivity index (χ0v) is 9.47. The van der Waals surface area contributed by atoms with Crippen molar-refractivity contribution >= 4 is 0 Å². The molecule has 0 spiro atoms. The summed E-state index contributed by atoms with van der Waals surface area (Å²) in [5.41, 5.74) is 0. The fourth-order valence-electron chi connectivity index (χ4n) is 2.55. The van der Waals surface area contributed by atoms with Crippen molar-refractivity contribution in [2.24, 2.45) is 11.8 Å². The van der Waals surface area contributed by atoms with Crippen LogP contribution in [0.25, 0.3) is 0 Å². The van der Waals surface area contributed by atoms with Gasteiger partial charge in [-0.05, 0) is 31.3 Å². The standard InChI is InChI=1S/C12H25NO/c1-2-13-9-8-12(10-14)11-6-4-3-5-7-11/h11-14H,2-10H2,1H3. The molecule has 0 aliphatic heterocycles. The summed E-state index contributed by atoms with van der Waals surface area (Å²) in [7, 11) is 0. The maximum atomic E-state index is 9.35. The summed E-state index contributed by atoms with van der Waals surface area (Å²) in [4.78, 5) is 0. The van der Waals surface area contributed by atoms with Gasteiger partial charge in [-0.25, -0.2) is 0 Å². The largest absolute Gasteiger partial charge is 0.396 e. The molecule has 2 nitrogen and oxygen atoms in total. The Labute approximate surface area is 88.1 Å². The molecular formula is C12H25NO. The quantitative estimate of drug-likeness (QED) is 0.643. The highest BCUT2D eigenvalue weighted by Crippen LogP contribution is 2.31. The van der Waals surface area contributed by atoms with E-state index in [4.69, 9.17) is 0 Å². The number of nitrogens with one attached hydrogen (secondary N) is 1. The van der Waals surface area contributed by atoms with Crippen LogP contribution in [0.3, 0.4) is 0 Å². The number of aliphatic hydroxyl groups is 1. The molecule has 14 heavy (non-hydrogen) atoms. The third kappa shape index (κ3) is 3.97. The minimum absolute atomic E-state index is 0.385. The summed E-state index contributed by atoms with van der Waals surface area (Å²) in [5.74, 6) is 1.35.